The minimum Gasteiger partial charge on any atom is -0.468 e. The number of thiazole rings is 2. The topological polar surface area (TPSA) is 73.6 Å². The van der Waals surface area contributed by atoms with E-state index in [1.54, 1.807) is 6.07 Å². The van der Waals surface area contributed by atoms with Gasteiger partial charge in [-0.3, -0.25) is 9.59 Å². The van der Waals surface area contributed by atoms with Crippen LogP contribution in [0.3, 0.4) is 0 Å². The van der Waals surface area contributed by atoms with E-state index < -0.39 is 17.7 Å². The molecule has 0 aliphatic heterocycles. The number of hydrogen-bond donors (Lipinski definition) is 0. The first-order valence-electron chi connectivity index (χ1n) is 7.85. The van der Waals surface area contributed by atoms with Gasteiger partial charge in [0.05, 0.1) is 27.5 Å². The maximum absolute atomic E-state index is 13.6. The normalized spacial score (nSPS) is 12.0. The van der Waals surface area contributed by atoms with Crippen molar-refractivity contribution in [3.63, 3.8) is 0 Å². The van der Waals surface area contributed by atoms with Gasteiger partial charge in [-0.1, -0.05) is 23.5 Å². The number of methoxy groups -OCH3 is 1. The van der Waals surface area contributed by atoms with E-state index in [0.29, 0.717) is 10.2 Å². The third-order valence-corrected chi connectivity index (χ3v) is 5.90. The Labute approximate surface area is 160 Å². The highest BCUT2D eigenvalue weighted by Crippen LogP contribution is 2.23. The molecule has 1 amide bonds. The Morgan fingerprint density at radius 2 is 2.00 bits per heavy atom. The zero-order valence-electron chi connectivity index (χ0n) is 14.0. The van der Waals surface area contributed by atoms with Gasteiger partial charge in [0.1, 0.15) is 12.4 Å². The molecule has 9 heteroatoms. The Morgan fingerprint density at radius 1 is 1.19 bits per heavy atom. The summed E-state index contributed by atoms with van der Waals surface area (Å²) in [5, 5.41) is 0.254. The summed E-state index contributed by atoms with van der Waals surface area (Å²) in [7, 11) is 1.28. The van der Waals surface area contributed by atoms with Crippen LogP contribution in [-0.2, 0) is 16.1 Å². The number of nitrogens with zero attached hydrogens (tertiary/aromatic N) is 3. The van der Waals surface area contributed by atoms with Crippen molar-refractivity contribution in [2.45, 2.75) is 6.54 Å². The van der Waals surface area contributed by atoms with Gasteiger partial charge in [0.25, 0.3) is 0 Å². The zero-order chi connectivity index (χ0) is 19.0. The van der Waals surface area contributed by atoms with Crippen LogP contribution in [-0.4, -0.2) is 28.5 Å². The first-order chi connectivity index (χ1) is 13.0. The number of benzene rings is 2. The highest BCUT2D eigenvalue weighted by atomic mass is 32.1. The zero-order valence-corrected chi connectivity index (χ0v) is 15.6. The molecule has 0 unspecified atom stereocenters. The van der Waals surface area contributed by atoms with Crippen LogP contribution in [0, 0.1) is 5.82 Å². The molecule has 2 aromatic heterocycles. The molecule has 0 aliphatic carbocycles. The largest absolute Gasteiger partial charge is 0.468 e. The molecule has 136 valence electrons. The van der Waals surface area contributed by atoms with Crippen LogP contribution >= 0.6 is 22.7 Å². The van der Waals surface area contributed by atoms with Crippen molar-refractivity contribution in [1.29, 1.82) is 0 Å². The summed E-state index contributed by atoms with van der Waals surface area (Å²) in [6.07, 6.45) is 0. The predicted molar refractivity (Wildman–Crippen MR) is 101 cm³/mol. The van der Waals surface area contributed by atoms with Gasteiger partial charge in [-0.05, 0) is 30.3 Å². The van der Waals surface area contributed by atoms with E-state index in [1.165, 1.54) is 35.1 Å². The number of amides is 1. The minimum atomic E-state index is -0.512. The minimum absolute atomic E-state index is 0.131. The van der Waals surface area contributed by atoms with Crippen LogP contribution in [0.15, 0.2) is 47.5 Å². The van der Waals surface area contributed by atoms with Crippen molar-refractivity contribution in [2.75, 3.05) is 7.11 Å². The fourth-order valence-electron chi connectivity index (χ4n) is 2.58. The van der Waals surface area contributed by atoms with Crippen molar-refractivity contribution in [3.8, 4) is 0 Å². The third kappa shape index (κ3) is 3.38. The van der Waals surface area contributed by atoms with E-state index in [1.807, 2.05) is 24.3 Å². The molecular formula is C18H12FN3O3S2. The molecule has 0 radical (unpaired) electrons. The molecular weight excluding hydrogens is 389 g/mol. The molecule has 2 aromatic carbocycles. The standard InChI is InChI=1S/C18H12FN3O3S2/c1-25-15(23)9-22-12-7-6-10(19)8-14(12)27-18(22)21-16(24)17-20-11-4-2-3-5-13(11)26-17/h2-8H,9H2,1H3. The predicted octanol–water partition coefficient (Wildman–Crippen LogP) is 3.37. The Bertz CT molecular complexity index is 1220. The lowest BCUT2D eigenvalue weighted by Crippen LogP contribution is -2.22. The fourth-order valence-corrected chi connectivity index (χ4v) is 4.48. The lowest BCUT2D eigenvalue weighted by atomic mass is 10.3. The number of hydrogen-bond acceptors (Lipinski definition) is 6. The van der Waals surface area contributed by atoms with Gasteiger partial charge in [0, 0.05) is 0 Å². The van der Waals surface area contributed by atoms with Gasteiger partial charge in [-0.2, -0.15) is 4.99 Å². The molecule has 0 atom stereocenters. The summed E-state index contributed by atoms with van der Waals surface area (Å²) in [6, 6.07) is 11.6. The SMILES string of the molecule is COC(=O)Cn1c(=NC(=O)c2nc3ccccc3s2)sc2cc(F)ccc21. The molecule has 0 bridgehead atoms. The van der Waals surface area contributed by atoms with E-state index in [-0.39, 0.29) is 16.4 Å². The summed E-state index contributed by atoms with van der Waals surface area (Å²) < 4.78 is 21.3. The van der Waals surface area contributed by atoms with Crippen LogP contribution in [0.5, 0.6) is 0 Å². The van der Waals surface area contributed by atoms with Gasteiger partial charge >= 0.3 is 11.9 Å². The van der Waals surface area contributed by atoms with Crippen LogP contribution in [0.1, 0.15) is 9.80 Å². The average Bonchev–Trinajstić information content (AvgIpc) is 3.23. The van der Waals surface area contributed by atoms with Gasteiger partial charge < -0.3 is 9.30 Å². The second-order valence-electron chi connectivity index (χ2n) is 5.56. The fraction of sp³-hybridized carbons (Fsp3) is 0.111. The van der Waals surface area contributed by atoms with Crippen molar-refractivity contribution in [2.24, 2.45) is 4.99 Å². The Kier molecular flexibility index (Phi) is 4.54. The summed E-state index contributed by atoms with van der Waals surface area (Å²) in [4.78, 5) is 33.1. The maximum Gasteiger partial charge on any atom is 0.325 e. The van der Waals surface area contributed by atoms with Gasteiger partial charge in [0.2, 0.25) is 0 Å². The Morgan fingerprint density at radius 3 is 2.78 bits per heavy atom. The molecule has 0 spiro atoms. The quantitative estimate of drug-likeness (QED) is 0.494. The number of halogens is 1. The van der Waals surface area contributed by atoms with E-state index in [0.717, 1.165) is 21.6 Å². The molecule has 4 rings (SSSR count). The summed E-state index contributed by atoms with van der Waals surface area (Å²) in [5.41, 5.74) is 1.32. The summed E-state index contributed by atoms with van der Waals surface area (Å²) in [6.45, 7) is -0.131. The molecule has 0 N–H and O–H groups in total. The van der Waals surface area contributed by atoms with Crippen LogP contribution in [0.2, 0.25) is 0 Å². The number of ether oxygens (including phenoxy) is 1. The van der Waals surface area contributed by atoms with Crippen molar-refractivity contribution >= 4 is 55.0 Å². The molecule has 0 fully saturated rings. The maximum atomic E-state index is 13.6. The number of carbonyl (C=O) groups is 2. The van der Waals surface area contributed by atoms with Gasteiger partial charge in [0.15, 0.2) is 9.81 Å². The van der Waals surface area contributed by atoms with Crippen molar-refractivity contribution in [3.05, 3.63) is 58.1 Å². The first-order valence-corrected chi connectivity index (χ1v) is 9.49. The summed E-state index contributed by atoms with van der Waals surface area (Å²) >= 11 is 2.37. The first kappa shape index (κ1) is 17.5. The number of carbonyl (C=O) groups excluding carboxylic acids is 2. The molecule has 0 saturated carbocycles. The number of para-hydroxylation sites is 1. The molecule has 0 aliphatic rings. The highest BCUT2D eigenvalue weighted by Gasteiger charge is 2.15. The van der Waals surface area contributed by atoms with Crippen LogP contribution in [0.4, 0.5) is 4.39 Å². The molecule has 6 nitrogen and oxygen atoms in total. The molecule has 0 saturated heterocycles. The second-order valence-corrected chi connectivity index (χ2v) is 7.60. The Hall–Kier alpha value is -2.91. The molecule has 2 heterocycles. The molecule has 4 aromatic rings. The van der Waals surface area contributed by atoms with E-state index >= 15 is 0 Å². The molecule has 27 heavy (non-hydrogen) atoms. The van der Waals surface area contributed by atoms with Crippen molar-refractivity contribution < 1.29 is 18.7 Å². The third-order valence-electron chi connectivity index (χ3n) is 3.83. The van der Waals surface area contributed by atoms with E-state index in [2.05, 4.69) is 9.98 Å². The number of fused-ring (bicyclic) bond motifs is 2. The van der Waals surface area contributed by atoms with Crippen LogP contribution < -0.4 is 4.80 Å². The highest BCUT2D eigenvalue weighted by molar-refractivity contribution is 7.20. The van der Waals surface area contributed by atoms with E-state index in [9.17, 15) is 14.0 Å². The second kappa shape index (κ2) is 7.01. The number of esters is 1. The monoisotopic (exact) mass is 401 g/mol. The lowest BCUT2D eigenvalue weighted by Gasteiger charge is -2.03. The van der Waals surface area contributed by atoms with Gasteiger partial charge in [-0.25, -0.2) is 9.37 Å². The summed E-state index contributed by atoms with van der Waals surface area (Å²) in [5.74, 6) is -1.41. The van der Waals surface area contributed by atoms with Gasteiger partial charge in [-0.15, -0.1) is 11.3 Å². The van der Waals surface area contributed by atoms with Crippen molar-refractivity contribution in [1.82, 2.24) is 9.55 Å². The van der Waals surface area contributed by atoms with Crippen LogP contribution in [0.25, 0.3) is 20.4 Å². The number of rotatable bonds is 3. The number of aromatic nitrogens is 2. The average molecular weight is 401 g/mol. The Balaban J connectivity index is 1.84. The lowest BCUT2D eigenvalue weighted by molar-refractivity contribution is -0.141. The smallest absolute Gasteiger partial charge is 0.325 e. The van der Waals surface area contributed by atoms with E-state index in [4.69, 9.17) is 4.74 Å².